The van der Waals surface area contributed by atoms with Crippen molar-refractivity contribution in [1.82, 2.24) is 15.5 Å². The molecule has 1 aromatic heterocycles. The van der Waals surface area contributed by atoms with Gasteiger partial charge in [-0.25, -0.2) is 0 Å². The summed E-state index contributed by atoms with van der Waals surface area (Å²) in [6.07, 6.45) is 1.36. The zero-order valence-corrected chi connectivity index (χ0v) is 12.5. The molecule has 0 radical (unpaired) electrons. The predicted molar refractivity (Wildman–Crippen MR) is 78.6 cm³/mol. The Morgan fingerprint density at radius 1 is 1.33 bits per heavy atom. The van der Waals surface area contributed by atoms with Crippen molar-refractivity contribution in [3.05, 3.63) is 41.6 Å². The Kier molecular flexibility index (Phi) is 4.27. The van der Waals surface area contributed by atoms with Gasteiger partial charge in [-0.15, -0.1) is 0 Å². The van der Waals surface area contributed by atoms with Crippen LogP contribution < -0.4 is 10.0 Å². The van der Waals surface area contributed by atoms with Gasteiger partial charge in [0.2, 0.25) is 0 Å². The van der Waals surface area contributed by atoms with E-state index in [2.05, 4.69) is 20.2 Å². The Bertz CT molecular complexity index is 739. The molecular formula is C13H16N4O3S. The normalized spacial score (nSPS) is 11.1. The van der Waals surface area contributed by atoms with E-state index in [-0.39, 0.29) is 10.9 Å². The third-order valence-electron chi connectivity index (χ3n) is 2.83. The summed E-state index contributed by atoms with van der Waals surface area (Å²) in [7, 11) is -3.70. The van der Waals surface area contributed by atoms with Gasteiger partial charge in [-0.05, 0) is 43.7 Å². The SMILES string of the molecule is CCNC(=O)c1ccc(NS(=O)(=O)c2ccn[nH]2)c(C)c1. The first-order chi connectivity index (χ1) is 9.94. The first kappa shape index (κ1) is 15.0. The number of hydrogen-bond donors (Lipinski definition) is 3. The van der Waals surface area contributed by atoms with Crippen molar-refractivity contribution in [2.24, 2.45) is 0 Å². The summed E-state index contributed by atoms with van der Waals surface area (Å²) in [4.78, 5) is 11.7. The number of nitrogens with one attached hydrogen (secondary N) is 3. The van der Waals surface area contributed by atoms with Crippen LogP contribution in [0.25, 0.3) is 0 Å². The second kappa shape index (κ2) is 5.96. The number of hydrogen-bond acceptors (Lipinski definition) is 4. The van der Waals surface area contributed by atoms with E-state index in [0.717, 1.165) is 0 Å². The number of nitrogens with zero attached hydrogens (tertiary/aromatic N) is 1. The molecule has 1 aromatic carbocycles. The van der Waals surface area contributed by atoms with Crippen molar-refractivity contribution < 1.29 is 13.2 Å². The fraction of sp³-hybridized carbons (Fsp3) is 0.231. The molecule has 7 nitrogen and oxygen atoms in total. The van der Waals surface area contributed by atoms with Gasteiger partial charge in [-0.2, -0.15) is 13.5 Å². The Labute approximate surface area is 122 Å². The van der Waals surface area contributed by atoms with Crippen LogP contribution >= 0.6 is 0 Å². The molecule has 2 rings (SSSR count). The Morgan fingerprint density at radius 2 is 2.10 bits per heavy atom. The summed E-state index contributed by atoms with van der Waals surface area (Å²) < 4.78 is 26.6. The molecule has 2 aromatic rings. The quantitative estimate of drug-likeness (QED) is 0.773. The number of amides is 1. The number of H-pyrrole nitrogens is 1. The van der Waals surface area contributed by atoms with Crippen molar-refractivity contribution in [2.75, 3.05) is 11.3 Å². The van der Waals surface area contributed by atoms with E-state index in [0.29, 0.717) is 23.4 Å². The van der Waals surface area contributed by atoms with Gasteiger partial charge >= 0.3 is 0 Å². The summed E-state index contributed by atoms with van der Waals surface area (Å²) in [6.45, 7) is 4.09. The molecule has 21 heavy (non-hydrogen) atoms. The minimum absolute atomic E-state index is 0.0188. The van der Waals surface area contributed by atoms with E-state index in [1.165, 1.54) is 12.3 Å². The van der Waals surface area contributed by atoms with Gasteiger partial charge in [0, 0.05) is 12.1 Å². The molecule has 1 amide bonds. The van der Waals surface area contributed by atoms with E-state index < -0.39 is 10.0 Å². The van der Waals surface area contributed by atoms with Gasteiger partial charge in [0.1, 0.15) is 0 Å². The molecule has 0 fully saturated rings. The highest BCUT2D eigenvalue weighted by Crippen LogP contribution is 2.20. The molecule has 0 atom stereocenters. The van der Waals surface area contributed by atoms with Gasteiger partial charge in [-0.3, -0.25) is 14.6 Å². The number of sulfonamides is 1. The van der Waals surface area contributed by atoms with E-state index in [4.69, 9.17) is 0 Å². The molecule has 0 spiro atoms. The topological polar surface area (TPSA) is 104 Å². The minimum Gasteiger partial charge on any atom is -0.352 e. The molecule has 0 saturated carbocycles. The highest BCUT2D eigenvalue weighted by molar-refractivity contribution is 7.92. The van der Waals surface area contributed by atoms with Gasteiger partial charge in [-0.1, -0.05) is 0 Å². The second-order valence-corrected chi connectivity index (χ2v) is 6.07. The van der Waals surface area contributed by atoms with Crippen LogP contribution in [-0.2, 0) is 10.0 Å². The molecule has 0 aliphatic carbocycles. The zero-order valence-electron chi connectivity index (χ0n) is 11.7. The van der Waals surface area contributed by atoms with Gasteiger partial charge in [0.05, 0.1) is 11.9 Å². The molecule has 1 heterocycles. The molecule has 0 bridgehead atoms. The number of rotatable bonds is 5. The Morgan fingerprint density at radius 3 is 2.67 bits per heavy atom. The number of aromatic nitrogens is 2. The maximum absolute atomic E-state index is 12.1. The fourth-order valence-electron chi connectivity index (χ4n) is 1.77. The monoisotopic (exact) mass is 308 g/mol. The van der Waals surface area contributed by atoms with Crippen molar-refractivity contribution in [3.8, 4) is 0 Å². The maximum Gasteiger partial charge on any atom is 0.278 e. The lowest BCUT2D eigenvalue weighted by atomic mass is 10.1. The van der Waals surface area contributed by atoms with Crippen LogP contribution in [0.3, 0.4) is 0 Å². The lowest BCUT2D eigenvalue weighted by Crippen LogP contribution is -2.22. The standard InChI is InChI=1S/C13H16N4O3S/c1-3-14-13(18)10-4-5-11(9(2)8-10)17-21(19,20)12-6-7-15-16-12/h4-8,17H,3H2,1-2H3,(H,14,18)(H,15,16). The first-order valence-corrected chi connectivity index (χ1v) is 7.83. The Hall–Kier alpha value is -2.35. The summed E-state index contributed by atoms with van der Waals surface area (Å²) in [6, 6.07) is 6.13. The third kappa shape index (κ3) is 3.40. The lowest BCUT2D eigenvalue weighted by molar-refractivity contribution is 0.0956. The van der Waals surface area contributed by atoms with E-state index in [1.807, 2.05) is 6.92 Å². The molecule has 0 aliphatic heterocycles. The van der Waals surface area contributed by atoms with Crippen LogP contribution in [-0.4, -0.2) is 31.1 Å². The van der Waals surface area contributed by atoms with Crippen LogP contribution in [0, 0.1) is 6.92 Å². The van der Waals surface area contributed by atoms with Gasteiger partial charge in [0.25, 0.3) is 15.9 Å². The predicted octanol–water partition coefficient (Wildman–Crippen LogP) is 1.27. The highest BCUT2D eigenvalue weighted by atomic mass is 32.2. The summed E-state index contributed by atoms with van der Waals surface area (Å²) in [5.74, 6) is -0.191. The number of aromatic amines is 1. The maximum atomic E-state index is 12.1. The molecule has 0 saturated heterocycles. The average molecular weight is 308 g/mol. The summed E-state index contributed by atoms with van der Waals surface area (Å²) in [5.41, 5.74) is 1.55. The molecule has 0 unspecified atom stereocenters. The van der Waals surface area contributed by atoms with Crippen molar-refractivity contribution in [1.29, 1.82) is 0 Å². The third-order valence-corrected chi connectivity index (χ3v) is 4.13. The van der Waals surface area contributed by atoms with Crippen molar-refractivity contribution in [3.63, 3.8) is 0 Å². The highest BCUT2D eigenvalue weighted by Gasteiger charge is 2.17. The van der Waals surface area contributed by atoms with Crippen molar-refractivity contribution >= 4 is 21.6 Å². The van der Waals surface area contributed by atoms with Crippen molar-refractivity contribution in [2.45, 2.75) is 18.9 Å². The number of benzene rings is 1. The minimum atomic E-state index is -3.70. The van der Waals surface area contributed by atoms with Gasteiger partial charge < -0.3 is 5.32 Å². The van der Waals surface area contributed by atoms with Crippen LogP contribution in [0.15, 0.2) is 35.5 Å². The summed E-state index contributed by atoms with van der Waals surface area (Å²) >= 11 is 0. The summed E-state index contributed by atoms with van der Waals surface area (Å²) in [5, 5.41) is 8.68. The molecule has 3 N–H and O–H groups in total. The number of carbonyl (C=O) groups is 1. The van der Waals surface area contributed by atoms with Crippen LogP contribution in [0.4, 0.5) is 5.69 Å². The molecule has 0 aliphatic rings. The van der Waals surface area contributed by atoms with Gasteiger partial charge in [0.15, 0.2) is 5.03 Å². The average Bonchev–Trinajstić information content (AvgIpc) is 2.96. The number of anilines is 1. The second-order valence-electron chi connectivity index (χ2n) is 4.42. The van der Waals surface area contributed by atoms with Crippen LogP contribution in [0.1, 0.15) is 22.8 Å². The smallest absolute Gasteiger partial charge is 0.278 e. The fourth-order valence-corrected chi connectivity index (χ4v) is 2.82. The molecule has 112 valence electrons. The molecule has 8 heteroatoms. The largest absolute Gasteiger partial charge is 0.352 e. The number of carbonyl (C=O) groups excluding carboxylic acids is 1. The van der Waals surface area contributed by atoms with E-state index in [9.17, 15) is 13.2 Å². The van der Waals surface area contributed by atoms with E-state index >= 15 is 0 Å². The first-order valence-electron chi connectivity index (χ1n) is 6.35. The van der Waals surface area contributed by atoms with E-state index in [1.54, 1.807) is 25.1 Å². The number of aryl methyl sites for hydroxylation is 1. The zero-order chi connectivity index (χ0) is 15.5. The van der Waals surface area contributed by atoms with Crippen LogP contribution in [0.2, 0.25) is 0 Å². The van der Waals surface area contributed by atoms with Crippen LogP contribution in [0.5, 0.6) is 0 Å². The molecular weight excluding hydrogens is 292 g/mol. The Balaban J connectivity index is 2.24. The lowest BCUT2D eigenvalue weighted by Gasteiger charge is -2.10.